The smallest absolute Gasteiger partial charge is 0.214 e. The lowest BCUT2D eigenvalue weighted by atomic mass is 10.0. The molecule has 0 spiro atoms. The largest absolute Gasteiger partial charge is 0.370 e. The fourth-order valence-electron chi connectivity index (χ4n) is 2.96. The van der Waals surface area contributed by atoms with Gasteiger partial charge in [0.2, 0.25) is 5.79 Å². The van der Waals surface area contributed by atoms with E-state index in [1.807, 2.05) is 0 Å². The summed E-state index contributed by atoms with van der Waals surface area (Å²) in [5.41, 5.74) is 0. The van der Waals surface area contributed by atoms with E-state index in [1.54, 1.807) is 0 Å². The SMILES string of the molecule is O=S1(=O)CCNCC1C1(C2CNCCO2)OCCO1. The van der Waals surface area contributed by atoms with Gasteiger partial charge in [0, 0.05) is 26.2 Å². The highest BCUT2D eigenvalue weighted by Gasteiger charge is 2.57. The zero-order valence-electron chi connectivity index (χ0n) is 10.8. The summed E-state index contributed by atoms with van der Waals surface area (Å²) in [5, 5.41) is 5.61. The molecule has 3 heterocycles. The Hall–Kier alpha value is -0.250. The first-order chi connectivity index (χ1) is 9.15. The average Bonchev–Trinajstić information content (AvgIpc) is 2.89. The van der Waals surface area contributed by atoms with Crippen LogP contribution in [0.25, 0.3) is 0 Å². The fraction of sp³-hybridized carbons (Fsp3) is 1.00. The van der Waals surface area contributed by atoms with E-state index in [9.17, 15) is 8.42 Å². The van der Waals surface area contributed by atoms with Crippen LogP contribution in [-0.4, -0.2) is 77.3 Å². The van der Waals surface area contributed by atoms with Gasteiger partial charge in [0.1, 0.15) is 11.4 Å². The first-order valence-corrected chi connectivity index (χ1v) is 8.39. The van der Waals surface area contributed by atoms with Gasteiger partial charge in [-0.05, 0) is 0 Å². The number of sulfone groups is 1. The summed E-state index contributed by atoms with van der Waals surface area (Å²) in [4.78, 5) is 0. The van der Waals surface area contributed by atoms with Gasteiger partial charge < -0.3 is 24.8 Å². The van der Waals surface area contributed by atoms with Crippen LogP contribution in [-0.2, 0) is 24.0 Å². The summed E-state index contributed by atoms with van der Waals surface area (Å²) in [6, 6.07) is 0. The highest BCUT2D eigenvalue weighted by molar-refractivity contribution is 7.92. The summed E-state index contributed by atoms with van der Waals surface area (Å²) in [7, 11) is -3.24. The molecule has 0 saturated carbocycles. The standard InChI is InChI=1S/C11H20N2O5S/c14-19(15)6-2-13-8-10(19)11(17-4-5-18-11)9-7-12-1-3-16-9/h9-10,12-13H,1-8H2. The maximum Gasteiger partial charge on any atom is 0.214 e. The fourth-order valence-corrected chi connectivity index (χ4v) is 4.83. The third-order valence-electron chi connectivity index (χ3n) is 3.89. The highest BCUT2D eigenvalue weighted by Crippen LogP contribution is 2.34. The first-order valence-electron chi connectivity index (χ1n) is 6.68. The predicted molar refractivity (Wildman–Crippen MR) is 67.7 cm³/mol. The van der Waals surface area contributed by atoms with Crippen molar-refractivity contribution in [2.24, 2.45) is 0 Å². The Bertz CT molecular complexity index is 415. The molecule has 0 aromatic carbocycles. The van der Waals surface area contributed by atoms with Gasteiger partial charge in [0.15, 0.2) is 9.84 Å². The maximum atomic E-state index is 12.3. The van der Waals surface area contributed by atoms with Crippen LogP contribution >= 0.6 is 0 Å². The molecule has 0 radical (unpaired) electrons. The molecule has 3 rings (SSSR count). The van der Waals surface area contributed by atoms with Crippen molar-refractivity contribution in [2.45, 2.75) is 17.1 Å². The van der Waals surface area contributed by atoms with Crippen LogP contribution in [0.4, 0.5) is 0 Å². The van der Waals surface area contributed by atoms with E-state index in [0.29, 0.717) is 39.5 Å². The van der Waals surface area contributed by atoms with Crippen LogP contribution in [0.5, 0.6) is 0 Å². The molecular formula is C11H20N2O5S. The summed E-state index contributed by atoms with van der Waals surface area (Å²) < 4.78 is 41.9. The van der Waals surface area contributed by atoms with Crippen LogP contribution in [0.1, 0.15) is 0 Å². The van der Waals surface area contributed by atoms with Crippen molar-refractivity contribution < 1.29 is 22.6 Å². The molecule has 0 aliphatic carbocycles. The molecule has 8 heteroatoms. The second-order valence-corrected chi connectivity index (χ2v) is 7.34. The number of hydrogen-bond acceptors (Lipinski definition) is 7. The van der Waals surface area contributed by atoms with Crippen molar-refractivity contribution in [1.82, 2.24) is 10.6 Å². The normalized spacial score (nSPS) is 38.1. The third kappa shape index (κ3) is 2.41. The number of hydrogen-bond donors (Lipinski definition) is 2. The van der Waals surface area contributed by atoms with E-state index in [4.69, 9.17) is 14.2 Å². The second-order valence-electron chi connectivity index (χ2n) is 5.04. The number of rotatable bonds is 2. The molecule has 0 aromatic heterocycles. The van der Waals surface area contributed by atoms with Gasteiger partial charge in [0.05, 0.1) is 25.6 Å². The Labute approximate surface area is 112 Å². The Morgan fingerprint density at radius 1 is 1.00 bits per heavy atom. The van der Waals surface area contributed by atoms with Gasteiger partial charge in [-0.25, -0.2) is 8.42 Å². The maximum absolute atomic E-state index is 12.3. The van der Waals surface area contributed by atoms with Gasteiger partial charge in [0.25, 0.3) is 0 Å². The van der Waals surface area contributed by atoms with E-state index in [2.05, 4.69) is 10.6 Å². The lowest BCUT2D eigenvalue weighted by Gasteiger charge is -2.43. The van der Waals surface area contributed by atoms with Crippen molar-refractivity contribution in [3.05, 3.63) is 0 Å². The van der Waals surface area contributed by atoms with E-state index in [0.717, 1.165) is 6.54 Å². The Morgan fingerprint density at radius 3 is 2.37 bits per heavy atom. The van der Waals surface area contributed by atoms with Gasteiger partial charge in [-0.3, -0.25) is 0 Å². The van der Waals surface area contributed by atoms with E-state index in [1.165, 1.54) is 0 Å². The molecule has 110 valence electrons. The predicted octanol–water partition coefficient (Wildman–Crippen LogP) is -1.90. The molecule has 3 fully saturated rings. The van der Waals surface area contributed by atoms with E-state index >= 15 is 0 Å². The molecule has 3 saturated heterocycles. The van der Waals surface area contributed by atoms with Crippen LogP contribution in [0.3, 0.4) is 0 Å². The average molecular weight is 292 g/mol. The molecule has 2 unspecified atom stereocenters. The first kappa shape index (κ1) is 13.7. The van der Waals surface area contributed by atoms with Gasteiger partial charge in [-0.15, -0.1) is 0 Å². The summed E-state index contributed by atoms with van der Waals surface area (Å²) >= 11 is 0. The lowest BCUT2D eigenvalue weighted by Crippen LogP contribution is -2.66. The molecule has 0 aromatic rings. The number of ether oxygens (including phenoxy) is 3. The summed E-state index contributed by atoms with van der Waals surface area (Å²) in [6.45, 7) is 3.51. The lowest BCUT2D eigenvalue weighted by molar-refractivity contribution is -0.237. The molecule has 2 N–H and O–H groups in total. The molecule has 2 atom stereocenters. The summed E-state index contributed by atoms with van der Waals surface area (Å²) in [6.07, 6.45) is -0.386. The minimum atomic E-state index is -3.24. The van der Waals surface area contributed by atoms with E-state index < -0.39 is 20.9 Å². The Balaban J connectivity index is 1.90. The van der Waals surface area contributed by atoms with Gasteiger partial charge in [-0.1, -0.05) is 0 Å². The molecular weight excluding hydrogens is 272 g/mol. The highest BCUT2D eigenvalue weighted by atomic mass is 32.2. The molecule has 19 heavy (non-hydrogen) atoms. The van der Waals surface area contributed by atoms with Crippen molar-refractivity contribution in [2.75, 3.05) is 51.8 Å². The quantitative estimate of drug-likeness (QED) is 0.615. The monoisotopic (exact) mass is 292 g/mol. The Kier molecular flexibility index (Phi) is 3.80. The molecule has 3 aliphatic heterocycles. The topological polar surface area (TPSA) is 85.9 Å². The molecule has 0 amide bonds. The zero-order chi connectivity index (χ0) is 13.3. The number of nitrogens with one attached hydrogen (secondary N) is 2. The minimum Gasteiger partial charge on any atom is -0.370 e. The molecule has 7 nitrogen and oxygen atoms in total. The van der Waals surface area contributed by atoms with E-state index in [-0.39, 0.29) is 11.9 Å². The molecule has 3 aliphatic rings. The van der Waals surface area contributed by atoms with Crippen molar-refractivity contribution in [3.63, 3.8) is 0 Å². The van der Waals surface area contributed by atoms with Gasteiger partial charge in [-0.2, -0.15) is 0 Å². The second kappa shape index (κ2) is 5.27. The molecule has 0 bridgehead atoms. The van der Waals surface area contributed by atoms with Crippen LogP contribution in [0, 0.1) is 0 Å². The van der Waals surface area contributed by atoms with Crippen molar-refractivity contribution in [3.8, 4) is 0 Å². The summed E-state index contributed by atoms with van der Waals surface area (Å²) in [5.74, 6) is -1.05. The van der Waals surface area contributed by atoms with Crippen LogP contribution in [0.2, 0.25) is 0 Å². The minimum absolute atomic E-state index is 0.117. The van der Waals surface area contributed by atoms with Crippen molar-refractivity contribution >= 4 is 9.84 Å². The zero-order valence-corrected chi connectivity index (χ0v) is 11.6. The van der Waals surface area contributed by atoms with Crippen LogP contribution < -0.4 is 10.6 Å². The third-order valence-corrected chi connectivity index (χ3v) is 6.03. The number of morpholine rings is 1. The van der Waals surface area contributed by atoms with Crippen LogP contribution in [0.15, 0.2) is 0 Å². The Morgan fingerprint density at radius 2 is 1.74 bits per heavy atom. The van der Waals surface area contributed by atoms with Crippen molar-refractivity contribution in [1.29, 1.82) is 0 Å². The van der Waals surface area contributed by atoms with Gasteiger partial charge >= 0.3 is 0 Å².